The van der Waals surface area contributed by atoms with Crippen molar-refractivity contribution >= 4 is 5.97 Å². The number of carbonyl (C=O) groups is 1. The van der Waals surface area contributed by atoms with E-state index in [1.54, 1.807) is 0 Å². The van der Waals surface area contributed by atoms with Crippen LogP contribution in [0.5, 0.6) is 0 Å². The van der Waals surface area contributed by atoms with E-state index in [2.05, 4.69) is 0 Å². The molecule has 0 fully saturated rings. The molecule has 1 aromatic rings. The Labute approximate surface area is 132 Å². The Morgan fingerprint density at radius 3 is 1.71 bits per heavy atom. The van der Waals surface area contributed by atoms with Crippen LogP contribution in [-0.2, 0) is 16.9 Å². The Morgan fingerprint density at radius 2 is 1.42 bits per heavy atom. The maximum Gasteiger partial charge on any atom is 0.435 e. The van der Waals surface area contributed by atoms with Crippen LogP contribution < -0.4 is 5.73 Å². The van der Waals surface area contributed by atoms with Gasteiger partial charge in [0.25, 0.3) is 0 Å². The summed E-state index contributed by atoms with van der Waals surface area (Å²) in [7, 11) is 0. The summed E-state index contributed by atoms with van der Waals surface area (Å²) in [5, 5.41) is 8.74. The van der Waals surface area contributed by atoms with Gasteiger partial charge < -0.3 is 10.8 Å². The molecular formula is C14H14F7NO2. The summed E-state index contributed by atoms with van der Waals surface area (Å²) in [5.74, 6) is -1.39. The average molecular weight is 361 g/mol. The Bertz CT molecular complexity index is 600. The van der Waals surface area contributed by atoms with Gasteiger partial charge in [0.2, 0.25) is 0 Å². The third-order valence-corrected chi connectivity index (χ3v) is 3.62. The summed E-state index contributed by atoms with van der Waals surface area (Å²) in [5.41, 5.74) is -1.89. The van der Waals surface area contributed by atoms with Gasteiger partial charge in [-0.05, 0) is 37.0 Å². The summed E-state index contributed by atoms with van der Waals surface area (Å²) in [6.45, 7) is 2.32. The van der Waals surface area contributed by atoms with Gasteiger partial charge >= 0.3 is 24.0 Å². The zero-order valence-electron chi connectivity index (χ0n) is 12.5. The van der Waals surface area contributed by atoms with Gasteiger partial charge in [0.15, 0.2) is 0 Å². The second kappa shape index (κ2) is 6.23. The van der Waals surface area contributed by atoms with Gasteiger partial charge in [0, 0.05) is 5.56 Å². The lowest BCUT2D eigenvalue weighted by Crippen LogP contribution is -2.50. The fraction of sp³-hybridized carbons (Fsp3) is 0.500. The molecule has 136 valence electrons. The molecule has 0 aliphatic rings. The Morgan fingerprint density at radius 1 is 1.04 bits per heavy atom. The third-order valence-electron chi connectivity index (χ3n) is 3.62. The minimum Gasteiger partial charge on any atom is -0.480 e. The number of rotatable bonds is 4. The number of carboxylic acids is 1. The molecule has 0 aliphatic carbocycles. The van der Waals surface area contributed by atoms with Crippen molar-refractivity contribution < 1.29 is 40.6 Å². The van der Waals surface area contributed by atoms with E-state index in [4.69, 9.17) is 10.8 Å². The highest BCUT2D eigenvalue weighted by Crippen LogP contribution is 2.53. The molecule has 0 amide bonds. The molecular weight excluding hydrogens is 347 g/mol. The highest BCUT2D eigenvalue weighted by molar-refractivity contribution is 5.73. The second-order valence-corrected chi connectivity index (χ2v) is 5.39. The van der Waals surface area contributed by atoms with Crippen molar-refractivity contribution in [3.63, 3.8) is 0 Å². The van der Waals surface area contributed by atoms with E-state index in [1.807, 2.05) is 0 Å². The molecule has 0 aromatic heterocycles. The Hall–Kier alpha value is -1.84. The summed E-state index contributed by atoms with van der Waals surface area (Å²) < 4.78 is 90.7. The van der Waals surface area contributed by atoms with Gasteiger partial charge in [-0.15, -0.1) is 0 Å². The predicted molar refractivity (Wildman–Crippen MR) is 70.1 cm³/mol. The molecule has 1 rings (SSSR count). The number of carboxylic acid groups (broad SMARTS) is 1. The molecule has 3 nitrogen and oxygen atoms in total. The first-order chi connectivity index (χ1) is 10.6. The average Bonchev–Trinajstić information content (AvgIpc) is 2.38. The summed E-state index contributed by atoms with van der Waals surface area (Å²) >= 11 is 0. The van der Waals surface area contributed by atoms with E-state index in [0.29, 0.717) is 12.1 Å². The Kier molecular flexibility index (Phi) is 5.24. The van der Waals surface area contributed by atoms with Gasteiger partial charge in [-0.1, -0.05) is 12.1 Å². The Balaban J connectivity index is 3.50. The quantitative estimate of drug-likeness (QED) is 0.807. The van der Waals surface area contributed by atoms with Crippen LogP contribution in [0.1, 0.15) is 22.3 Å². The molecule has 0 bridgehead atoms. The molecule has 0 heterocycles. The lowest BCUT2D eigenvalue weighted by Gasteiger charge is -2.31. The van der Waals surface area contributed by atoms with Crippen LogP contribution in [-0.4, -0.2) is 29.5 Å². The number of alkyl halides is 7. The van der Waals surface area contributed by atoms with Crippen LogP contribution >= 0.6 is 0 Å². The zero-order chi connectivity index (χ0) is 19.1. The number of halogens is 7. The molecule has 1 atom stereocenters. The lowest BCUT2D eigenvalue weighted by atomic mass is 9.87. The van der Waals surface area contributed by atoms with Gasteiger partial charge in [-0.3, -0.25) is 4.79 Å². The van der Waals surface area contributed by atoms with Gasteiger partial charge in [-0.2, -0.15) is 26.3 Å². The van der Waals surface area contributed by atoms with Crippen LogP contribution in [0, 0.1) is 13.8 Å². The molecule has 0 spiro atoms. The molecule has 1 aromatic carbocycles. The highest BCUT2D eigenvalue weighted by atomic mass is 19.4. The molecule has 0 saturated carbocycles. The fourth-order valence-corrected chi connectivity index (χ4v) is 2.31. The predicted octanol–water partition coefficient (Wildman–Crippen LogP) is 3.55. The van der Waals surface area contributed by atoms with Crippen molar-refractivity contribution in [2.24, 2.45) is 5.73 Å². The molecule has 0 radical (unpaired) electrons. The number of nitrogens with two attached hydrogens (primary N) is 1. The van der Waals surface area contributed by atoms with Crippen molar-refractivity contribution in [3.05, 3.63) is 34.4 Å². The zero-order valence-corrected chi connectivity index (χ0v) is 12.5. The molecule has 0 saturated heterocycles. The van der Waals surface area contributed by atoms with Gasteiger partial charge in [-0.25, -0.2) is 4.39 Å². The maximum absolute atomic E-state index is 14.1. The lowest BCUT2D eigenvalue weighted by molar-refractivity contribution is -0.348. The van der Waals surface area contributed by atoms with Gasteiger partial charge in [0.1, 0.15) is 6.04 Å². The topological polar surface area (TPSA) is 63.3 Å². The summed E-state index contributed by atoms with van der Waals surface area (Å²) in [6, 6.07) is -0.566. The molecule has 0 unspecified atom stereocenters. The van der Waals surface area contributed by atoms with Crippen molar-refractivity contribution in [3.8, 4) is 0 Å². The van der Waals surface area contributed by atoms with E-state index >= 15 is 0 Å². The smallest absolute Gasteiger partial charge is 0.435 e. The molecule has 24 heavy (non-hydrogen) atoms. The minimum atomic E-state index is -6.21. The minimum absolute atomic E-state index is 0.114. The fourth-order valence-electron chi connectivity index (χ4n) is 2.31. The first kappa shape index (κ1) is 20.2. The van der Waals surface area contributed by atoms with Crippen LogP contribution in [0.25, 0.3) is 0 Å². The first-order valence-corrected chi connectivity index (χ1v) is 6.54. The summed E-state index contributed by atoms with van der Waals surface area (Å²) in [6.07, 6.45) is -12.7. The van der Waals surface area contributed by atoms with E-state index < -0.39 is 35.6 Å². The van der Waals surface area contributed by atoms with E-state index in [1.165, 1.54) is 0 Å². The molecule has 0 aliphatic heterocycles. The highest BCUT2D eigenvalue weighted by Gasteiger charge is 2.73. The number of hydrogen-bond acceptors (Lipinski definition) is 2. The normalized spacial score (nSPS) is 14.6. The van der Waals surface area contributed by atoms with Crippen LogP contribution in [0.4, 0.5) is 30.7 Å². The van der Waals surface area contributed by atoms with Gasteiger partial charge in [0.05, 0.1) is 0 Å². The largest absolute Gasteiger partial charge is 0.480 e. The number of benzene rings is 1. The third kappa shape index (κ3) is 3.47. The first-order valence-electron chi connectivity index (χ1n) is 6.54. The maximum atomic E-state index is 14.1. The molecule has 10 heteroatoms. The van der Waals surface area contributed by atoms with E-state index in [0.717, 1.165) is 13.8 Å². The van der Waals surface area contributed by atoms with Crippen molar-refractivity contribution in [1.29, 1.82) is 0 Å². The number of aliphatic carboxylic acids is 1. The number of hydrogen-bond donors (Lipinski definition) is 2. The van der Waals surface area contributed by atoms with E-state index in [9.17, 15) is 35.5 Å². The van der Waals surface area contributed by atoms with E-state index in [-0.39, 0.29) is 23.1 Å². The van der Waals surface area contributed by atoms with Crippen LogP contribution in [0.2, 0.25) is 0 Å². The number of aryl methyl sites for hydroxylation is 2. The molecule has 3 N–H and O–H groups in total. The standard InChI is InChI=1S/C14H14F7NO2/c1-6-3-8(12(15,13(16,17)18)14(19,20)21)4-7(2)9(6)5-10(22)11(23)24/h3-4,10H,5,22H2,1-2H3,(H,23,24)/t10-/m0/s1. The SMILES string of the molecule is Cc1cc(C(F)(C(F)(F)F)C(F)(F)F)cc(C)c1C[C@H](N)C(=O)O. The van der Waals surface area contributed by atoms with Crippen LogP contribution in [0.3, 0.4) is 0 Å². The van der Waals surface area contributed by atoms with Crippen molar-refractivity contribution in [2.75, 3.05) is 0 Å². The second-order valence-electron chi connectivity index (χ2n) is 5.39. The van der Waals surface area contributed by atoms with Crippen LogP contribution in [0.15, 0.2) is 12.1 Å². The van der Waals surface area contributed by atoms with Crippen molar-refractivity contribution in [2.45, 2.75) is 44.3 Å². The summed E-state index contributed by atoms with van der Waals surface area (Å²) in [4.78, 5) is 10.7. The van der Waals surface area contributed by atoms with Crippen molar-refractivity contribution in [1.82, 2.24) is 0 Å². The monoisotopic (exact) mass is 361 g/mol.